The maximum Gasteiger partial charge on any atom is 0.416 e. The molecule has 2 heterocycles. The number of anilines is 2. The Bertz CT molecular complexity index is 1670. The molecule has 0 aliphatic carbocycles. The van der Waals surface area contributed by atoms with Gasteiger partial charge in [-0.05, 0) is 88.2 Å². The van der Waals surface area contributed by atoms with E-state index in [-0.39, 0.29) is 49.5 Å². The molecule has 0 spiro atoms. The molecule has 0 saturated carbocycles. The van der Waals surface area contributed by atoms with Crippen molar-refractivity contribution in [2.75, 3.05) is 50.8 Å². The van der Waals surface area contributed by atoms with Crippen molar-refractivity contribution < 1.29 is 46.8 Å². The van der Waals surface area contributed by atoms with Crippen LogP contribution in [0, 0.1) is 5.92 Å². The number of halogens is 3. The van der Waals surface area contributed by atoms with Crippen LogP contribution in [0.2, 0.25) is 0 Å². The lowest BCUT2D eigenvalue weighted by Crippen LogP contribution is -2.47. The minimum atomic E-state index is -4.40. The van der Waals surface area contributed by atoms with E-state index in [1.165, 1.54) is 12.1 Å². The van der Waals surface area contributed by atoms with Gasteiger partial charge >= 0.3 is 12.2 Å². The molecule has 0 aromatic heterocycles. The number of aliphatic hydroxyl groups excluding tert-OH is 1. The fourth-order valence-corrected chi connectivity index (χ4v) is 6.21. The Hall–Kier alpha value is -4.53. The second kappa shape index (κ2) is 17.3. The third-order valence-corrected chi connectivity index (χ3v) is 9.17. The summed E-state index contributed by atoms with van der Waals surface area (Å²) >= 11 is 0. The number of aliphatic hydroxyl groups is 1. The summed E-state index contributed by atoms with van der Waals surface area (Å²) in [4.78, 5) is 31.0. The lowest BCUT2D eigenvalue weighted by molar-refractivity contribution is -0.137. The summed E-state index contributed by atoms with van der Waals surface area (Å²) in [5.74, 6) is 0.885. The van der Waals surface area contributed by atoms with Crippen molar-refractivity contribution in [3.63, 3.8) is 0 Å². The Morgan fingerprint density at radius 3 is 2.35 bits per heavy atom. The highest BCUT2D eigenvalue weighted by Crippen LogP contribution is 2.35. The van der Waals surface area contributed by atoms with Crippen molar-refractivity contribution in [3.05, 3.63) is 77.4 Å². The van der Waals surface area contributed by atoms with Gasteiger partial charge in [-0.15, -0.1) is 0 Å². The Labute approximate surface area is 302 Å². The first-order valence-electron chi connectivity index (χ1n) is 17.5. The first-order valence-corrected chi connectivity index (χ1v) is 17.5. The second-order valence-electron chi connectivity index (χ2n) is 13.5. The minimum absolute atomic E-state index is 0.107. The maximum absolute atomic E-state index is 14.4. The molecule has 0 radical (unpaired) electrons. The predicted octanol–water partition coefficient (Wildman–Crippen LogP) is 7.01. The van der Waals surface area contributed by atoms with Crippen LogP contribution in [0.15, 0.2) is 60.7 Å². The Balaban J connectivity index is 1.34. The third kappa shape index (κ3) is 10.3. The number of carbonyl (C=O) groups is 2. The summed E-state index contributed by atoms with van der Waals surface area (Å²) in [7, 11) is 1.88. The van der Waals surface area contributed by atoms with Gasteiger partial charge in [0.15, 0.2) is 11.5 Å². The molecule has 52 heavy (non-hydrogen) atoms. The van der Waals surface area contributed by atoms with Gasteiger partial charge in [-0.25, -0.2) is 4.79 Å². The van der Waals surface area contributed by atoms with Gasteiger partial charge in [0.2, 0.25) is 6.79 Å². The maximum atomic E-state index is 14.4. The average Bonchev–Trinajstić information content (AvgIpc) is 3.57. The number of nitrogens with zero attached hydrogens (tertiary/aromatic N) is 2. The van der Waals surface area contributed by atoms with Crippen molar-refractivity contribution in [2.24, 2.45) is 5.92 Å². The number of amides is 3. The van der Waals surface area contributed by atoms with Crippen LogP contribution in [0.5, 0.6) is 17.2 Å². The molecule has 11 nitrogen and oxygen atoms in total. The molecule has 5 rings (SSSR count). The van der Waals surface area contributed by atoms with Crippen molar-refractivity contribution in [3.8, 4) is 17.2 Å². The molecule has 3 amide bonds. The third-order valence-electron chi connectivity index (χ3n) is 9.17. The van der Waals surface area contributed by atoms with E-state index in [9.17, 15) is 27.9 Å². The summed E-state index contributed by atoms with van der Waals surface area (Å²) in [5, 5.41) is 15.8. The van der Waals surface area contributed by atoms with Gasteiger partial charge in [-0.1, -0.05) is 19.1 Å². The SMILES string of the molecule is C[C@H]1CCCCO[C@@H](CN(C)Cc2ccc(C(F)(F)F)cc2)[C@@H](C)CN([C@@H](C)CO)C(=O)c2cc(NC(=O)Nc3ccc4c(c3)OCO4)ccc2O1. The van der Waals surface area contributed by atoms with Crippen LogP contribution in [0.4, 0.5) is 29.3 Å². The van der Waals surface area contributed by atoms with E-state index in [1.807, 2.05) is 25.8 Å². The molecule has 4 atom stereocenters. The van der Waals surface area contributed by atoms with Gasteiger partial charge < -0.3 is 39.6 Å². The van der Waals surface area contributed by atoms with E-state index in [4.69, 9.17) is 18.9 Å². The van der Waals surface area contributed by atoms with Gasteiger partial charge in [-0.3, -0.25) is 9.69 Å². The zero-order chi connectivity index (χ0) is 37.4. The standard InChI is InChI=1S/C38H47F3N4O7/c1-24-19-45(25(2)22-46)36(47)31-17-29(42-37(48)43-30-13-15-33-34(18-30)51-23-50-33)12-14-32(31)52-26(3)7-5-6-16-49-35(24)21-44(4)20-27-8-10-28(11-9-27)38(39,40)41/h8-15,17-18,24-26,35,46H,5-7,16,19-23H2,1-4H3,(H2,42,43,48)/t24-,25-,26-,35-/m0/s1. The molecule has 2 aliphatic rings. The number of benzene rings is 3. The minimum Gasteiger partial charge on any atom is -0.490 e. The molecule has 0 unspecified atom stereocenters. The van der Waals surface area contributed by atoms with Crippen LogP contribution in [-0.4, -0.2) is 85.2 Å². The normalized spacial score (nSPS) is 20.4. The van der Waals surface area contributed by atoms with E-state index in [0.717, 1.165) is 30.5 Å². The van der Waals surface area contributed by atoms with E-state index < -0.39 is 23.8 Å². The molecule has 0 bridgehead atoms. The molecule has 3 aromatic rings. The van der Waals surface area contributed by atoms with E-state index in [1.54, 1.807) is 48.2 Å². The quantitative estimate of drug-likeness (QED) is 0.227. The number of urea groups is 1. The fraction of sp³-hybridized carbons (Fsp3) is 0.474. The van der Waals surface area contributed by atoms with Crippen LogP contribution in [0.25, 0.3) is 0 Å². The van der Waals surface area contributed by atoms with E-state index in [2.05, 4.69) is 10.6 Å². The number of alkyl halides is 3. The molecular weight excluding hydrogens is 681 g/mol. The highest BCUT2D eigenvalue weighted by atomic mass is 19.4. The summed E-state index contributed by atoms with van der Waals surface area (Å²) in [6.07, 6.45) is -2.65. The first-order chi connectivity index (χ1) is 24.8. The largest absolute Gasteiger partial charge is 0.490 e. The molecule has 282 valence electrons. The van der Waals surface area contributed by atoms with Crippen LogP contribution in [-0.2, 0) is 17.5 Å². The molecule has 3 N–H and O–H groups in total. The summed E-state index contributed by atoms with van der Waals surface area (Å²) < 4.78 is 62.7. The zero-order valence-electron chi connectivity index (χ0n) is 29.9. The lowest BCUT2D eigenvalue weighted by Gasteiger charge is -2.36. The fourth-order valence-electron chi connectivity index (χ4n) is 6.21. The highest BCUT2D eigenvalue weighted by Gasteiger charge is 2.32. The van der Waals surface area contributed by atoms with Crippen molar-refractivity contribution in [1.29, 1.82) is 0 Å². The van der Waals surface area contributed by atoms with Crippen molar-refractivity contribution in [2.45, 2.75) is 71.0 Å². The number of likely N-dealkylation sites (N-methyl/N-ethyl adjacent to an activating group) is 1. The van der Waals surface area contributed by atoms with Gasteiger partial charge in [0.05, 0.1) is 36.0 Å². The summed E-state index contributed by atoms with van der Waals surface area (Å²) in [6, 6.07) is 14.0. The summed E-state index contributed by atoms with van der Waals surface area (Å²) in [5.41, 5.74) is 1.12. The Morgan fingerprint density at radius 2 is 1.65 bits per heavy atom. The van der Waals surface area contributed by atoms with Crippen LogP contribution >= 0.6 is 0 Å². The molecule has 0 saturated heterocycles. The van der Waals surface area contributed by atoms with Gasteiger partial charge in [0, 0.05) is 49.6 Å². The Kier molecular flexibility index (Phi) is 12.9. The van der Waals surface area contributed by atoms with Crippen LogP contribution < -0.4 is 24.8 Å². The first kappa shape index (κ1) is 38.7. The lowest BCUT2D eigenvalue weighted by atomic mass is 10.0. The van der Waals surface area contributed by atoms with E-state index >= 15 is 0 Å². The van der Waals surface area contributed by atoms with E-state index in [0.29, 0.717) is 54.7 Å². The predicted molar refractivity (Wildman–Crippen MR) is 190 cm³/mol. The van der Waals surface area contributed by atoms with Crippen molar-refractivity contribution >= 4 is 23.3 Å². The topological polar surface area (TPSA) is 122 Å². The molecule has 3 aromatic carbocycles. The molecule has 0 fully saturated rings. The Morgan fingerprint density at radius 1 is 0.981 bits per heavy atom. The molecule has 2 aliphatic heterocycles. The monoisotopic (exact) mass is 728 g/mol. The molecule has 14 heteroatoms. The zero-order valence-corrected chi connectivity index (χ0v) is 29.9. The van der Waals surface area contributed by atoms with Gasteiger partial charge in [0.1, 0.15) is 5.75 Å². The highest BCUT2D eigenvalue weighted by molar-refractivity contribution is 6.02. The number of carbonyl (C=O) groups excluding carboxylic acids is 2. The summed E-state index contributed by atoms with van der Waals surface area (Å²) in [6.45, 7) is 7.06. The number of ether oxygens (including phenoxy) is 4. The average molecular weight is 729 g/mol. The van der Waals surface area contributed by atoms with Gasteiger partial charge in [-0.2, -0.15) is 13.2 Å². The number of hydrogen-bond donors (Lipinski definition) is 3. The van der Waals surface area contributed by atoms with Crippen LogP contribution in [0.3, 0.4) is 0 Å². The smallest absolute Gasteiger partial charge is 0.416 e. The number of nitrogens with one attached hydrogen (secondary N) is 2. The number of fused-ring (bicyclic) bond motifs is 2. The molecular formula is C38H47F3N4O7. The van der Waals surface area contributed by atoms with Gasteiger partial charge in [0.25, 0.3) is 5.91 Å². The number of rotatable bonds is 8. The number of hydrogen-bond acceptors (Lipinski definition) is 8. The van der Waals surface area contributed by atoms with Crippen LogP contribution in [0.1, 0.15) is 61.5 Å². The van der Waals surface area contributed by atoms with Crippen molar-refractivity contribution in [1.82, 2.24) is 9.80 Å². The second-order valence-corrected chi connectivity index (χ2v) is 13.5.